The fraction of sp³-hybridized carbons (Fsp3) is 0.571. The topological polar surface area (TPSA) is 63.2 Å². The minimum absolute atomic E-state index is 0.395. The van der Waals surface area contributed by atoms with Crippen LogP contribution in [0.3, 0.4) is 0 Å². The van der Waals surface area contributed by atoms with E-state index in [9.17, 15) is 4.79 Å². The molecular formula is C14H23N3O2. The highest BCUT2D eigenvalue weighted by Crippen LogP contribution is 2.11. The van der Waals surface area contributed by atoms with E-state index in [1.165, 1.54) is 0 Å². The average molecular weight is 265 g/mol. The van der Waals surface area contributed by atoms with Crippen molar-refractivity contribution in [3.05, 3.63) is 23.5 Å². The number of carbonyl (C=O) groups excluding carboxylic acids is 1. The second-order valence-corrected chi connectivity index (χ2v) is 5.44. The zero-order valence-electron chi connectivity index (χ0n) is 12.3. The van der Waals surface area contributed by atoms with E-state index in [1.54, 1.807) is 0 Å². The van der Waals surface area contributed by atoms with E-state index < -0.39 is 11.7 Å². The van der Waals surface area contributed by atoms with Gasteiger partial charge in [-0.2, -0.15) is 0 Å². The highest BCUT2D eigenvalue weighted by molar-refractivity contribution is 5.67. The molecule has 1 aromatic heterocycles. The molecule has 1 aromatic rings. The highest BCUT2D eigenvalue weighted by Gasteiger charge is 2.15. The van der Waals surface area contributed by atoms with Gasteiger partial charge in [0.25, 0.3) is 0 Å². The fourth-order valence-corrected chi connectivity index (χ4v) is 1.55. The molecule has 0 spiro atoms. The third-order valence-corrected chi connectivity index (χ3v) is 2.33. The summed E-state index contributed by atoms with van der Waals surface area (Å²) in [6, 6.07) is 3.95. The summed E-state index contributed by atoms with van der Waals surface area (Å²) < 4.78 is 5.14. The maximum absolute atomic E-state index is 11.4. The van der Waals surface area contributed by atoms with E-state index in [4.69, 9.17) is 4.74 Å². The number of hydrogen-bond acceptors (Lipinski definition) is 4. The van der Waals surface area contributed by atoms with Gasteiger partial charge in [-0.25, -0.2) is 4.79 Å². The molecule has 0 aromatic carbocycles. The SMILES string of the molecule is Cc1ccc(NCCNC(=O)OC(C)(C)C)c(C)n1. The van der Waals surface area contributed by atoms with Gasteiger partial charge in [0.1, 0.15) is 5.60 Å². The molecule has 0 saturated carbocycles. The second kappa shape index (κ2) is 6.41. The number of nitrogens with zero attached hydrogens (tertiary/aromatic N) is 1. The van der Waals surface area contributed by atoms with Crippen LogP contribution in [0.25, 0.3) is 0 Å². The van der Waals surface area contributed by atoms with Gasteiger partial charge >= 0.3 is 6.09 Å². The fourth-order valence-electron chi connectivity index (χ4n) is 1.55. The van der Waals surface area contributed by atoms with Crippen molar-refractivity contribution in [3.63, 3.8) is 0 Å². The minimum Gasteiger partial charge on any atom is -0.444 e. The largest absolute Gasteiger partial charge is 0.444 e. The van der Waals surface area contributed by atoms with Crippen molar-refractivity contribution in [1.82, 2.24) is 10.3 Å². The van der Waals surface area contributed by atoms with E-state index in [0.29, 0.717) is 13.1 Å². The van der Waals surface area contributed by atoms with Crippen molar-refractivity contribution in [2.45, 2.75) is 40.2 Å². The first-order valence-corrected chi connectivity index (χ1v) is 6.43. The molecule has 0 bridgehead atoms. The molecule has 0 atom stereocenters. The molecule has 0 aliphatic heterocycles. The Morgan fingerprint density at radius 2 is 1.95 bits per heavy atom. The molecule has 0 aliphatic carbocycles. The van der Waals surface area contributed by atoms with Gasteiger partial charge in [0.15, 0.2) is 0 Å². The normalized spacial score (nSPS) is 11.0. The zero-order chi connectivity index (χ0) is 14.5. The number of pyridine rings is 1. The van der Waals surface area contributed by atoms with Crippen LogP contribution in [0.4, 0.5) is 10.5 Å². The Morgan fingerprint density at radius 1 is 1.26 bits per heavy atom. The molecule has 1 heterocycles. The van der Waals surface area contributed by atoms with Crippen LogP contribution < -0.4 is 10.6 Å². The van der Waals surface area contributed by atoms with Crippen molar-refractivity contribution >= 4 is 11.8 Å². The standard InChI is InChI=1S/C14H23N3O2/c1-10-6-7-12(11(2)17-10)15-8-9-16-13(18)19-14(3,4)5/h6-7,15H,8-9H2,1-5H3,(H,16,18). The number of alkyl carbamates (subject to hydrolysis) is 1. The molecule has 0 saturated heterocycles. The number of aryl methyl sites for hydroxylation is 2. The van der Waals surface area contributed by atoms with E-state index in [1.807, 2.05) is 46.8 Å². The van der Waals surface area contributed by atoms with Gasteiger partial charge < -0.3 is 15.4 Å². The first kappa shape index (κ1) is 15.3. The Labute approximate surface area is 114 Å². The summed E-state index contributed by atoms with van der Waals surface area (Å²) in [7, 11) is 0. The van der Waals surface area contributed by atoms with E-state index in [2.05, 4.69) is 15.6 Å². The maximum Gasteiger partial charge on any atom is 0.407 e. The lowest BCUT2D eigenvalue weighted by atomic mass is 10.2. The van der Waals surface area contributed by atoms with Gasteiger partial charge in [-0.15, -0.1) is 0 Å². The number of nitrogens with one attached hydrogen (secondary N) is 2. The van der Waals surface area contributed by atoms with Crippen molar-refractivity contribution in [3.8, 4) is 0 Å². The van der Waals surface area contributed by atoms with Gasteiger partial charge in [0.2, 0.25) is 0 Å². The van der Waals surface area contributed by atoms with Gasteiger partial charge in [0.05, 0.1) is 11.4 Å². The minimum atomic E-state index is -0.463. The Kier molecular flexibility index (Phi) is 5.15. The number of aromatic nitrogens is 1. The van der Waals surface area contributed by atoms with Crippen molar-refractivity contribution in [2.75, 3.05) is 18.4 Å². The third kappa shape index (κ3) is 6.08. The van der Waals surface area contributed by atoms with E-state index in [0.717, 1.165) is 17.1 Å². The Balaban J connectivity index is 2.29. The summed E-state index contributed by atoms with van der Waals surface area (Å²) in [6.45, 7) is 10.6. The number of hydrogen-bond donors (Lipinski definition) is 2. The van der Waals surface area contributed by atoms with Gasteiger partial charge in [-0.3, -0.25) is 4.98 Å². The summed E-state index contributed by atoms with van der Waals surface area (Å²) >= 11 is 0. The molecule has 2 N–H and O–H groups in total. The van der Waals surface area contributed by atoms with Crippen LogP contribution >= 0.6 is 0 Å². The van der Waals surface area contributed by atoms with Gasteiger partial charge in [0, 0.05) is 18.8 Å². The molecule has 0 radical (unpaired) electrons. The number of rotatable bonds is 4. The number of carbonyl (C=O) groups is 1. The molecule has 0 unspecified atom stereocenters. The van der Waals surface area contributed by atoms with Gasteiger partial charge in [-0.1, -0.05) is 0 Å². The smallest absolute Gasteiger partial charge is 0.407 e. The van der Waals surface area contributed by atoms with Crippen LogP contribution in [0.1, 0.15) is 32.2 Å². The Morgan fingerprint density at radius 3 is 2.53 bits per heavy atom. The Bertz CT molecular complexity index is 439. The van der Waals surface area contributed by atoms with Crippen LogP contribution in [0.2, 0.25) is 0 Å². The second-order valence-electron chi connectivity index (χ2n) is 5.44. The molecule has 106 valence electrons. The van der Waals surface area contributed by atoms with Crippen LogP contribution in [-0.4, -0.2) is 29.8 Å². The number of ether oxygens (including phenoxy) is 1. The van der Waals surface area contributed by atoms with Crippen LogP contribution in [0.5, 0.6) is 0 Å². The lowest BCUT2D eigenvalue weighted by molar-refractivity contribution is 0.0530. The molecule has 1 rings (SSSR count). The first-order chi connectivity index (χ1) is 8.78. The highest BCUT2D eigenvalue weighted by atomic mass is 16.6. The summed E-state index contributed by atoms with van der Waals surface area (Å²) in [5.74, 6) is 0. The lowest BCUT2D eigenvalue weighted by Gasteiger charge is -2.19. The lowest BCUT2D eigenvalue weighted by Crippen LogP contribution is -2.35. The molecule has 1 amide bonds. The zero-order valence-corrected chi connectivity index (χ0v) is 12.3. The molecule has 0 aliphatic rings. The van der Waals surface area contributed by atoms with E-state index >= 15 is 0 Å². The molecular weight excluding hydrogens is 242 g/mol. The Hall–Kier alpha value is -1.78. The average Bonchev–Trinajstić information content (AvgIpc) is 2.24. The first-order valence-electron chi connectivity index (χ1n) is 6.43. The quantitative estimate of drug-likeness (QED) is 0.821. The molecule has 19 heavy (non-hydrogen) atoms. The predicted octanol–water partition coefficient (Wildman–Crippen LogP) is 2.64. The van der Waals surface area contributed by atoms with Gasteiger partial charge in [-0.05, 0) is 46.8 Å². The number of amides is 1. The summed E-state index contributed by atoms with van der Waals surface area (Å²) in [6.07, 6.45) is -0.395. The monoisotopic (exact) mass is 265 g/mol. The van der Waals surface area contributed by atoms with Crippen LogP contribution in [0, 0.1) is 13.8 Å². The van der Waals surface area contributed by atoms with Crippen molar-refractivity contribution in [1.29, 1.82) is 0 Å². The summed E-state index contributed by atoms with van der Waals surface area (Å²) in [4.78, 5) is 15.8. The van der Waals surface area contributed by atoms with Crippen LogP contribution in [-0.2, 0) is 4.74 Å². The summed E-state index contributed by atoms with van der Waals surface area (Å²) in [5.41, 5.74) is 2.47. The van der Waals surface area contributed by atoms with Crippen molar-refractivity contribution < 1.29 is 9.53 Å². The molecule has 5 nitrogen and oxygen atoms in total. The predicted molar refractivity (Wildman–Crippen MR) is 76.4 cm³/mol. The molecule has 5 heteroatoms. The third-order valence-electron chi connectivity index (χ3n) is 2.33. The van der Waals surface area contributed by atoms with Crippen molar-refractivity contribution in [2.24, 2.45) is 0 Å². The maximum atomic E-state index is 11.4. The van der Waals surface area contributed by atoms with Crippen LogP contribution in [0.15, 0.2) is 12.1 Å². The summed E-state index contributed by atoms with van der Waals surface area (Å²) in [5, 5.41) is 5.92. The molecule has 0 fully saturated rings. The number of anilines is 1. The van der Waals surface area contributed by atoms with E-state index in [-0.39, 0.29) is 0 Å².